The number of urea groups is 1. The Morgan fingerprint density at radius 2 is 1.97 bits per heavy atom. The van der Waals surface area contributed by atoms with E-state index in [1.165, 1.54) is 0 Å². The molecule has 31 heavy (non-hydrogen) atoms. The van der Waals surface area contributed by atoms with Crippen LogP contribution in [0, 0.1) is 5.92 Å². The lowest BCUT2D eigenvalue weighted by Crippen LogP contribution is -2.46. The fourth-order valence-corrected chi connectivity index (χ4v) is 4.33. The Bertz CT molecular complexity index is 909. The van der Waals surface area contributed by atoms with Gasteiger partial charge in [0, 0.05) is 42.4 Å². The molecule has 0 unspecified atom stereocenters. The first-order valence-corrected chi connectivity index (χ1v) is 11.0. The van der Waals surface area contributed by atoms with Crippen LogP contribution in [-0.4, -0.2) is 45.2 Å². The van der Waals surface area contributed by atoms with Crippen molar-refractivity contribution in [1.82, 2.24) is 25.9 Å². The zero-order valence-corrected chi connectivity index (χ0v) is 18.0. The normalized spacial score (nSPS) is 25.4. The van der Waals surface area contributed by atoms with Gasteiger partial charge < -0.3 is 26.0 Å². The number of imidazole rings is 1. The number of benzene rings is 1. The number of nitrogens with zero attached hydrogens (tertiary/aromatic N) is 1. The van der Waals surface area contributed by atoms with Gasteiger partial charge in [0.05, 0.1) is 12.0 Å². The summed E-state index contributed by atoms with van der Waals surface area (Å²) in [6.07, 6.45) is 3.40. The summed E-state index contributed by atoms with van der Waals surface area (Å²) in [5.41, 5.74) is 1.76. The highest BCUT2D eigenvalue weighted by Crippen LogP contribution is 2.42. The molecule has 166 valence electrons. The summed E-state index contributed by atoms with van der Waals surface area (Å²) in [4.78, 5) is 33.1. The summed E-state index contributed by atoms with van der Waals surface area (Å²) < 4.78 is 0. The number of aromatic amines is 1. The van der Waals surface area contributed by atoms with Crippen molar-refractivity contribution < 1.29 is 14.7 Å². The van der Waals surface area contributed by atoms with Gasteiger partial charge in [-0.1, -0.05) is 30.3 Å². The Morgan fingerprint density at radius 1 is 1.23 bits per heavy atom. The minimum Gasteiger partial charge on any atom is -0.392 e. The molecule has 4 rings (SSSR count). The molecule has 2 saturated carbocycles. The smallest absolute Gasteiger partial charge is 0.315 e. The third-order valence-electron chi connectivity index (χ3n) is 6.04. The minimum atomic E-state index is -0.923. The number of carbonyl (C=O) groups is 2. The molecule has 8 heteroatoms. The van der Waals surface area contributed by atoms with Gasteiger partial charge in [-0.25, -0.2) is 9.78 Å². The summed E-state index contributed by atoms with van der Waals surface area (Å²) in [6.45, 7) is 4.17. The molecule has 2 aliphatic rings. The van der Waals surface area contributed by atoms with E-state index in [4.69, 9.17) is 0 Å². The van der Waals surface area contributed by atoms with Gasteiger partial charge in [-0.3, -0.25) is 4.79 Å². The highest BCUT2D eigenvalue weighted by molar-refractivity contribution is 5.80. The molecule has 5 N–H and O–H groups in total. The third-order valence-corrected chi connectivity index (χ3v) is 6.04. The summed E-state index contributed by atoms with van der Waals surface area (Å²) in [6, 6.07) is 8.96. The van der Waals surface area contributed by atoms with Crippen molar-refractivity contribution in [3.63, 3.8) is 0 Å². The van der Waals surface area contributed by atoms with Crippen LogP contribution in [0.3, 0.4) is 0 Å². The molecular weight excluding hydrogens is 394 g/mol. The number of rotatable bonds is 7. The molecule has 1 aromatic carbocycles. The first-order valence-electron chi connectivity index (χ1n) is 11.0. The molecule has 0 spiro atoms. The lowest BCUT2D eigenvalue weighted by molar-refractivity contribution is -0.127. The highest BCUT2D eigenvalue weighted by atomic mass is 16.3. The molecule has 4 atom stereocenters. The Morgan fingerprint density at radius 3 is 2.65 bits per heavy atom. The minimum absolute atomic E-state index is 0.0108. The maximum atomic E-state index is 12.9. The van der Waals surface area contributed by atoms with Crippen molar-refractivity contribution in [3.05, 3.63) is 53.6 Å². The second kappa shape index (κ2) is 9.09. The van der Waals surface area contributed by atoms with Crippen LogP contribution in [0.4, 0.5) is 4.79 Å². The molecule has 1 heterocycles. The molecule has 0 saturated heterocycles. The number of hydrogen-bond donors (Lipinski definition) is 5. The van der Waals surface area contributed by atoms with Crippen LogP contribution in [0.15, 0.2) is 36.5 Å². The maximum Gasteiger partial charge on any atom is 0.315 e. The van der Waals surface area contributed by atoms with Crippen molar-refractivity contribution in [2.45, 2.75) is 69.7 Å². The summed E-state index contributed by atoms with van der Waals surface area (Å²) in [5.74, 6) is 0.116. The largest absolute Gasteiger partial charge is 0.392 e. The van der Waals surface area contributed by atoms with E-state index in [2.05, 4.69) is 25.9 Å². The van der Waals surface area contributed by atoms with Crippen molar-refractivity contribution in [2.75, 3.05) is 0 Å². The predicted molar refractivity (Wildman–Crippen MR) is 116 cm³/mol. The van der Waals surface area contributed by atoms with Crippen molar-refractivity contribution in [1.29, 1.82) is 0 Å². The van der Waals surface area contributed by atoms with Gasteiger partial charge in [-0.05, 0) is 38.7 Å². The summed E-state index contributed by atoms with van der Waals surface area (Å²) in [5, 5.41) is 19.8. The number of hydrogen-bond acceptors (Lipinski definition) is 4. The van der Waals surface area contributed by atoms with Crippen molar-refractivity contribution >= 4 is 11.9 Å². The Balaban J connectivity index is 1.48. The van der Waals surface area contributed by atoms with Gasteiger partial charge in [0.15, 0.2) is 0 Å². The zero-order valence-electron chi connectivity index (χ0n) is 18.0. The van der Waals surface area contributed by atoms with Gasteiger partial charge >= 0.3 is 6.03 Å². The van der Waals surface area contributed by atoms with E-state index in [-0.39, 0.29) is 24.0 Å². The Kier molecular flexibility index (Phi) is 6.27. The molecule has 2 aliphatic carbocycles. The number of aromatic nitrogens is 2. The van der Waals surface area contributed by atoms with E-state index < -0.39 is 17.9 Å². The third kappa shape index (κ3) is 5.07. The lowest BCUT2D eigenvalue weighted by Gasteiger charge is -2.23. The molecule has 8 nitrogen and oxygen atoms in total. The standard InChI is InChI=1S/C23H31N5O3/c1-13(2)26-23(31)28-17-10-16(22(30)25-11-14-6-4-3-5-7-14)20(29)19(17)18-12-24-21(27-18)15-8-9-15/h3-7,12-13,15-17,19-20,29H,8-11H2,1-2H3,(H,24,27)(H,25,30)(H2,26,28,31)/t16-,17+,19+,20+/m0/s1. The van der Waals surface area contributed by atoms with E-state index in [0.29, 0.717) is 18.9 Å². The van der Waals surface area contributed by atoms with Crippen LogP contribution in [0.2, 0.25) is 0 Å². The van der Waals surface area contributed by atoms with Gasteiger partial charge in [0.25, 0.3) is 0 Å². The van der Waals surface area contributed by atoms with E-state index in [1.807, 2.05) is 44.2 Å². The van der Waals surface area contributed by atoms with E-state index in [9.17, 15) is 14.7 Å². The molecule has 1 aromatic heterocycles. The van der Waals surface area contributed by atoms with E-state index >= 15 is 0 Å². The number of amides is 3. The second-order valence-electron chi connectivity index (χ2n) is 8.94. The monoisotopic (exact) mass is 425 g/mol. The topological polar surface area (TPSA) is 119 Å². The van der Waals surface area contributed by atoms with Crippen molar-refractivity contribution in [2.24, 2.45) is 5.92 Å². The molecule has 0 bridgehead atoms. The summed E-state index contributed by atoms with van der Waals surface area (Å²) in [7, 11) is 0. The fraction of sp³-hybridized carbons (Fsp3) is 0.522. The first-order chi connectivity index (χ1) is 14.9. The second-order valence-corrected chi connectivity index (χ2v) is 8.94. The number of carbonyl (C=O) groups excluding carboxylic acids is 2. The molecular formula is C23H31N5O3. The number of H-pyrrole nitrogens is 1. The zero-order chi connectivity index (χ0) is 22.0. The van der Waals surface area contributed by atoms with Crippen LogP contribution >= 0.6 is 0 Å². The van der Waals surface area contributed by atoms with E-state index in [0.717, 1.165) is 29.9 Å². The van der Waals surface area contributed by atoms with Crippen molar-refractivity contribution in [3.8, 4) is 0 Å². The number of nitrogens with one attached hydrogen (secondary N) is 4. The number of aliphatic hydroxyl groups excluding tert-OH is 1. The SMILES string of the molecule is CC(C)NC(=O)N[C@@H]1C[C@H](C(=O)NCc2ccccc2)[C@@H](O)[C@H]1c1cnc(C2CC2)[nH]1. The average Bonchev–Trinajstić information content (AvgIpc) is 3.39. The molecule has 0 aliphatic heterocycles. The van der Waals surface area contributed by atoms with Gasteiger partial charge in [0.1, 0.15) is 5.82 Å². The van der Waals surface area contributed by atoms with Crippen LogP contribution in [-0.2, 0) is 11.3 Å². The van der Waals surface area contributed by atoms with Crippen LogP contribution < -0.4 is 16.0 Å². The average molecular weight is 426 g/mol. The van der Waals surface area contributed by atoms with Gasteiger partial charge in [0.2, 0.25) is 5.91 Å². The fourth-order valence-electron chi connectivity index (χ4n) is 4.33. The Hall–Kier alpha value is -2.87. The first kappa shape index (κ1) is 21.4. The molecule has 3 amide bonds. The summed E-state index contributed by atoms with van der Waals surface area (Å²) >= 11 is 0. The van der Waals surface area contributed by atoms with Crippen LogP contribution in [0.1, 0.15) is 62.0 Å². The van der Waals surface area contributed by atoms with E-state index in [1.54, 1.807) is 6.20 Å². The number of aliphatic hydroxyl groups is 1. The lowest BCUT2D eigenvalue weighted by atomic mass is 9.96. The highest BCUT2D eigenvalue weighted by Gasteiger charge is 2.48. The maximum absolute atomic E-state index is 12.9. The molecule has 2 aromatic rings. The Labute approximate surface area is 182 Å². The van der Waals surface area contributed by atoms with Crippen LogP contribution in [0.5, 0.6) is 0 Å². The molecule has 0 radical (unpaired) electrons. The van der Waals surface area contributed by atoms with Gasteiger partial charge in [-0.2, -0.15) is 0 Å². The van der Waals surface area contributed by atoms with Gasteiger partial charge in [-0.15, -0.1) is 0 Å². The quantitative estimate of drug-likeness (QED) is 0.467. The van der Waals surface area contributed by atoms with Crippen LogP contribution in [0.25, 0.3) is 0 Å². The molecule has 2 fully saturated rings. The predicted octanol–water partition coefficient (Wildman–Crippen LogP) is 2.14.